The van der Waals surface area contributed by atoms with Crippen molar-refractivity contribution >= 4 is 29.9 Å². The van der Waals surface area contributed by atoms with Crippen LogP contribution >= 0.6 is 24.0 Å². The molecular formula is C22H24FIN4O. The van der Waals surface area contributed by atoms with Crippen molar-refractivity contribution in [3.63, 3.8) is 0 Å². The number of aryl methyl sites for hydroxylation is 1. The van der Waals surface area contributed by atoms with Gasteiger partial charge in [0.25, 0.3) is 0 Å². The van der Waals surface area contributed by atoms with Crippen molar-refractivity contribution in [3.8, 4) is 11.5 Å². The van der Waals surface area contributed by atoms with Crippen LogP contribution in [0.25, 0.3) is 0 Å². The maximum atomic E-state index is 14.3. The van der Waals surface area contributed by atoms with Crippen LogP contribution in [0.2, 0.25) is 0 Å². The van der Waals surface area contributed by atoms with Crippen molar-refractivity contribution in [1.29, 1.82) is 0 Å². The Morgan fingerprint density at radius 1 is 1.03 bits per heavy atom. The minimum absolute atomic E-state index is 0. The molecule has 0 unspecified atom stereocenters. The molecule has 0 saturated heterocycles. The second kappa shape index (κ2) is 11.4. The highest BCUT2D eigenvalue weighted by Gasteiger charge is 2.07. The number of ether oxygens (including phenoxy) is 1. The molecule has 7 heteroatoms. The molecule has 0 aliphatic heterocycles. The van der Waals surface area contributed by atoms with Crippen molar-refractivity contribution in [3.05, 3.63) is 89.5 Å². The fraction of sp³-hybridized carbons (Fsp3) is 0.182. The molecule has 0 radical (unpaired) electrons. The van der Waals surface area contributed by atoms with Gasteiger partial charge in [-0.3, -0.25) is 9.98 Å². The topological polar surface area (TPSA) is 58.5 Å². The third-order valence-electron chi connectivity index (χ3n) is 4.12. The molecule has 0 spiro atoms. The number of hydrogen-bond donors (Lipinski definition) is 2. The smallest absolute Gasteiger partial charge is 0.191 e. The fourth-order valence-corrected chi connectivity index (χ4v) is 2.57. The second-order valence-electron chi connectivity index (χ2n) is 6.32. The largest absolute Gasteiger partial charge is 0.453 e. The van der Waals surface area contributed by atoms with E-state index in [2.05, 4.69) is 51.8 Å². The van der Waals surface area contributed by atoms with Crippen molar-refractivity contribution in [2.75, 3.05) is 7.05 Å². The van der Waals surface area contributed by atoms with E-state index in [0.29, 0.717) is 24.8 Å². The van der Waals surface area contributed by atoms with Gasteiger partial charge in [0.2, 0.25) is 0 Å². The Morgan fingerprint density at radius 3 is 2.34 bits per heavy atom. The molecule has 0 aliphatic carbocycles. The van der Waals surface area contributed by atoms with Crippen molar-refractivity contribution in [2.45, 2.75) is 20.0 Å². The van der Waals surface area contributed by atoms with Gasteiger partial charge in [0.05, 0.1) is 6.20 Å². The number of rotatable bonds is 6. The zero-order valence-corrected chi connectivity index (χ0v) is 18.7. The van der Waals surface area contributed by atoms with E-state index in [0.717, 1.165) is 11.1 Å². The van der Waals surface area contributed by atoms with Crippen LogP contribution in [-0.4, -0.2) is 18.0 Å². The van der Waals surface area contributed by atoms with E-state index in [-0.39, 0.29) is 29.7 Å². The average Bonchev–Trinajstić information content (AvgIpc) is 2.72. The number of guanidine groups is 1. The zero-order valence-electron chi connectivity index (χ0n) is 16.4. The first kappa shape index (κ1) is 22.6. The van der Waals surface area contributed by atoms with Crippen LogP contribution < -0.4 is 15.4 Å². The first-order valence-corrected chi connectivity index (χ1v) is 9.00. The van der Waals surface area contributed by atoms with Gasteiger partial charge in [0.15, 0.2) is 17.5 Å². The Labute approximate surface area is 187 Å². The Balaban J connectivity index is 0.00000300. The molecule has 1 heterocycles. The monoisotopic (exact) mass is 506 g/mol. The summed E-state index contributed by atoms with van der Waals surface area (Å²) < 4.78 is 19.8. The number of aliphatic imine (C=N–C) groups is 1. The van der Waals surface area contributed by atoms with Crippen LogP contribution in [0.15, 0.2) is 72.0 Å². The van der Waals surface area contributed by atoms with E-state index in [1.807, 2.05) is 6.07 Å². The normalized spacial score (nSPS) is 10.8. The summed E-state index contributed by atoms with van der Waals surface area (Å²) in [5.41, 5.74) is 3.18. The van der Waals surface area contributed by atoms with Crippen LogP contribution in [0.4, 0.5) is 4.39 Å². The maximum absolute atomic E-state index is 14.3. The first-order valence-electron chi connectivity index (χ1n) is 9.00. The predicted octanol–water partition coefficient (Wildman–Crippen LogP) is 4.80. The summed E-state index contributed by atoms with van der Waals surface area (Å²) in [6.45, 7) is 3.16. The summed E-state index contributed by atoms with van der Waals surface area (Å²) >= 11 is 0. The van der Waals surface area contributed by atoms with E-state index in [1.54, 1.807) is 37.6 Å². The van der Waals surface area contributed by atoms with Crippen LogP contribution in [0.3, 0.4) is 0 Å². The number of nitrogens with one attached hydrogen (secondary N) is 2. The van der Waals surface area contributed by atoms with E-state index in [9.17, 15) is 4.39 Å². The molecule has 0 saturated carbocycles. The molecule has 5 nitrogen and oxygen atoms in total. The molecule has 2 N–H and O–H groups in total. The quantitative estimate of drug-likeness (QED) is 0.287. The van der Waals surface area contributed by atoms with Crippen LogP contribution in [0, 0.1) is 12.7 Å². The predicted molar refractivity (Wildman–Crippen MR) is 124 cm³/mol. The van der Waals surface area contributed by atoms with Crippen molar-refractivity contribution < 1.29 is 9.13 Å². The Morgan fingerprint density at radius 2 is 1.72 bits per heavy atom. The standard InChI is InChI=1S/C22H23FN4O.HI/c1-16-5-7-17(8-6-16)13-26-22(24-2)27-14-18-9-10-21(20(23)12-18)28-19-4-3-11-25-15-19;/h3-12,15H,13-14H2,1-2H3,(H2,24,26,27);1H. The van der Waals surface area contributed by atoms with Gasteiger partial charge < -0.3 is 15.4 Å². The summed E-state index contributed by atoms with van der Waals surface area (Å²) in [5.74, 6) is 0.883. The number of benzene rings is 2. The summed E-state index contributed by atoms with van der Waals surface area (Å²) in [7, 11) is 1.70. The minimum atomic E-state index is -0.425. The zero-order chi connectivity index (χ0) is 19.8. The molecule has 0 atom stereocenters. The third kappa shape index (κ3) is 7.01. The molecule has 2 aromatic carbocycles. The van der Waals surface area contributed by atoms with Gasteiger partial charge in [-0.1, -0.05) is 35.9 Å². The van der Waals surface area contributed by atoms with Gasteiger partial charge in [-0.25, -0.2) is 4.39 Å². The van der Waals surface area contributed by atoms with Crippen LogP contribution in [-0.2, 0) is 13.1 Å². The lowest BCUT2D eigenvalue weighted by Gasteiger charge is -2.13. The summed E-state index contributed by atoms with van der Waals surface area (Å²) in [5, 5.41) is 6.43. The molecule has 0 aliphatic rings. The number of nitrogens with zero attached hydrogens (tertiary/aromatic N) is 2. The highest BCUT2D eigenvalue weighted by Crippen LogP contribution is 2.24. The van der Waals surface area contributed by atoms with Crippen LogP contribution in [0.1, 0.15) is 16.7 Å². The van der Waals surface area contributed by atoms with Gasteiger partial charge in [-0.15, -0.1) is 24.0 Å². The Kier molecular flexibility index (Phi) is 8.85. The van der Waals surface area contributed by atoms with Gasteiger partial charge in [-0.2, -0.15) is 0 Å². The summed E-state index contributed by atoms with van der Waals surface area (Å²) in [4.78, 5) is 8.15. The van der Waals surface area contributed by atoms with Gasteiger partial charge >= 0.3 is 0 Å². The van der Waals surface area contributed by atoms with Gasteiger partial charge in [-0.05, 0) is 42.3 Å². The Bertz CT molecular complexity index is 933. The lowest BCUT2D eigenvalue weighted by atomic mass is 10.1. The van der Waals surface area contributed by atoms with E-state index >= 15 is 0 Å². The van der Waals surface area contributed by atoms with E-state index in [4.69, 9.17) is 4.74 Å². The van der Waals surface area contributed by atoms with Crippen molar-refractivity contribution in [2.24, 2.45) is 4.99 Å². The average molecular weight is 506 g/mol. The molecule has 29 heavy (non-hydrogen) atoms. The van der Waals surface area contributed by atoms with E-state index < -0.39 is 5.82 Å². The van der Waals surface area contributed by atoms with Crippen LogP contribution in [0.5, 0.6) is 11.5 Å². The molecule has 0 bridgehead atoms. The fourth-order valence-electron chi connectivity index (χ4n) is 2.57. The second-order valence-corrected chi connectivity index (χ2v) is 6.32. The molecule has 152 valence electrons. The lowest BCUT2D eigenvalue weighted by molar-refractivity contribution is 0.440. The molecule has 0 amide bonds. The number of hydrogen-bond acceptors (Lipinski definition) is 3. The minimum Gasteiger partial charge on any atom is -0.453 e. The molecule has 1 aromatic heterocycles. The maximum Gasteiger partial charge on any atom is 0.191 e. The summed E-state index contributed by atoms with van der Waals surface area (Å²) in [6, 6.07) is 16.6. The SMILES string of the molecule is CN=C(NCc1ccc(C)cc1)NCc1ccc(Oc2cccnc2)c(F)c1.I. The van der Waals surface area contributed by atoms with E-state index in [1.165, 1.54) is 11.6 Å². The molecular weight excluding hydrogens is 482 g/mol. The molecule has 3 aromatic rings. The third-order valence-corrected chi connectivity index (χ3v) is 4.12. The highest BCUT2D eigenvalue weighted by molar-refractivity contribution is 14.0. The summed E-state index contributed by atoms with van der Waals surface area (Å²) in [6.07, 6.45) is 3.18. The molecule has 0 fully saturated rings. The first-order chi connectivity index (χ1) is 13.6. The van der Waals surface area contributed by atoms with Crippen molar-refractivity contribution in [1.82, 2.24) is 15.6 Å². The lowest BCUT2D eigenvalue weighted by Crippen LogP contribution is -2.36. The number of aromatic nitrogens is 1. The van der Waals surface area contributed by atoms with Gasteiger partial charge in [0.1, 0.15) is 5.75 Å². The highest BCUT2D eigenvalue weighted by atomic mass is 127. The Hall–Kier alpha value is -2.68. The van der Waals surface area contributed by atoms with Gasteiger partial charge in [0, 0.05) is 26.3 Å². The molecule has 3 rings (SSSR count). The number of halogens is 2. The number of pyridine rings is 1.